The minimum atomic E-state index is -5.55. The first-order valence-corrected chi connectivity index (χ1v) is 6.78. The zero-order valence-electron chi connectivity index (χ0n) is 11.8. The van der Waals surface area contributed by atoms with E-state index < -0.39 is 35.8 Å². The predicted molar refractivity (Wildman–Crippen MR) is 62.3 cm³/mol. The highest BCUT2D eigenvalue weighted by Crippen LogP contribution is 2.56. The van der Waals surface area contributed by atoms with E-state index in [9.17, 15) is 31.1 Å². The smallest absolute Gasteiger partial charge is 0.406 e. The Morgan fingerprint density at radius 2 is 1.52 bits per heavy atom. The van der Waals surface area contributed by atoms with Crippen molar-refractivity contribution in [1.82, 2.24) is 0 Å². The van der Waals surface area contributed by atoms with Crippen LogP contribution in [0.3, 0.4) is 0 Å². The number of esters is 1. The van der Waals surface area contributed by atoms with Gasteiger partial charge < -0.3 is 4.74 Å². The molecule has 0 aromatic heterocycles. The quantitative estimate of drug-likeness (QED) is 0.558. The minimum Gasteiger partial charge on any atom is -0.461 e. The van der Waals surface area contributed by atoms with Crippen molar-refractivity contribution >= 4 is 5.97 Å². The Balaban J connectivity index is 3.26. The van der Waals surface area contributed by atoms with Gasteiger partial charge in [-0.3, -0.25) is 4.79 Å². The van der Waals surface area contributed by atoms with Crippen molar-refractivity contribution in [1.29, 1.82) is 0 Å². The van der Waals surface area contributed by atoms with E-state index in [2.05, 4.69) is 4.74 Å². The van der Waals surface area contributed by atoms with E-state index in [0.29, 0.717) is 12.8 Å². The molecule has 1 saturated carbocycles. The molecule has 1 unspecified atom stereocenters. The van der Waals surface area contributed by atoms with Gasteiger partial charge in [0.1, 0.15) is 6.10 Å². The highest BCUT2D eigenvalue weighted by Gasteiger charge is 2.73. The molecule has 21 heavy (non-hydrogen) atoms. The molecule has 0 aliphatic heterocycles. The van der Waals surface area contributed by atoms with Gasteiger partial charge in [0.05, 0.1) is 0 Å². The molecule has 0 aromatic rings. The normalized spacial score (nSPS) is 19.6. The Labute approximate surface area is 118 Å². The first-order valence-electron chi connectivity index (χ1n) is 6.78. The lowest BCUT2D eigenvalue weighted by molar-refractivity contribution is -0.364. The average molecular weight is 320 g/mol. The summed E-state index contributed by atoms with van der Waals surface area (Å²) in [5.41, 5.74) is -4.06. The molecule has 1 atom stereocenters. The van der Waals surface area contributed by atoms with E-state index in [1.807, 2.05) is 0 Å². The van der Waals surface area contributed by atoms with Crippen molar-refractivity contribution in [3.63, 3.8) is 0 Å². The second-order valence-electron chi connectivity index (χ2n) is 5.51. The van der Waals surface area contributed by atoms with Crippen LogP contribution in [-0.2, 0) is 9.53 Å². The number of hydrogen-bond acceptors (Lipinski definition) is 2. The fourth-order valence-electron chi connectivity index (χ4n) is 2.65. The summed E-state index contributed by atoms with van der Waals surface area (Å²) in [6.45, 7) is 1.41. The molecule has 0 radical (unpaired) electrons. The molecule has 0 amide bonds. The van der Waals surface area contributed by atoms with Crippen LogP contribution < -0.4 is 0 Å². The van der Waals surface area contributed by atoms with Gasteiger partial charge in [0.2, 0.25) is 0 Å². The van der Waals surface area contributed by atoms with Gasteiger partial charge in [0, 0.05) is 6.42 Å². The summed E-state index contributed by atoms with van der Waals surface area (Å²) in [5.74, 6) is -1.97. The van der Waals surface area contributed by atoms with E-state index >= 15 is 0 Å². The highest BCUT2D eigenvalue weighted by molar-refractivity contribution is 5.69. The zero-order chi connectivity index (χ0) is 16.5. The molecular formula is C13H18F6O2. The van der Waals surface area contributed by atoms with Crippen molar-refractivity contribution in [2.75, 3.05) is 0 Å². The van der Waals surface area contributed by atoms with E-state index in [4.69, 9.17) is 0 Å². The van der Waals surface area contributed by atoms with Crippen LogP contribution in [-0.4, -0.2) is 24.4 Å². The van der Waals surface area contributed by atoms with Gasteiger partial charge in [-0.2, -0.15) is 26.3 Å². The van der Waals surface area contributed by atoms with Gasteiger partial charge in [0.25, 0.3) is 0 Å². The highest BCUT2D eigenvalue weighted by atomic mass is 19.4. The van der Waals surface area contributed by atoms with Gasteiger partial charge in [-0.05, 0) is 25.7 Å². The van der Waals surface area contributed by atoms with Crippen LogP contribution in [0.25, 0.3) is 0 Å². The predicted octanol–water partition coefficient (Wildman–Crippen LogP) is 4.63. The van der Waals surface area contributed by atoms with Crippen LogP contribution in [0.5, 0.6) is 0 Å². The van der Waals surface area contributed by atoms with Crippen molar-refractivity contribution < 1.29 is 35.9 Å². The van der Waals surface area contributed by atoms with Crippen molar-refractivity contribution in [2.45, 2.75) is 64.4 Å². The summed E-state index contributed by atoms with van der Waals surface area (Å²) >= 11 is 0. The third kappa shape index (κ3) is 3.45. The monoisotopic (exact) mass is 320 g/mol. The lowest BCUT2D eigenvalue weighted by Gasteiger charge is -2.42. The maximum Gasteiger partial charge on any atom is 0.406 e. The molecule has 0 bridgehead atoms. The number of ether oxygens (including phenoxy) is 1. The van der Waals surface area contributed by atoms with Crippen molar-refractivity contribution in [3.05, 3.63) is 0 Å². The van der Waals surface area contributed by atoms with E-state index in [0.717, 1.165) is 0 Å². The molecule has 0 spiro atoms. The molecule has 8 heteroatoms. The Hall–Kier alpha value is -0.950. The van der Waals surface area contributed by atoms with Crippen LogP contribution in [0.1, 0.15) is 46.0 Å². The largest absolute Gasteiger partial charge is 0.461 e. The topological polar surface area (TPSA) is 26.3 Å². The Kier molecular flexibility index (Phi) is 5.21. The molecule has 0 saturated heterocycles. The van der Waals surface area contributed by atoms with Crippen LogP contribution in [0.4, 0.5) is 26.3 Å². The molecule has 1 aliphatic carbocycles. The Bertz CT molecular complexity index is 354. The summed E-state index contributed by atoms with van der Waals surface area (Å²) in [7, 11) is 0. The first kappa shape index (κ1) is 18.1. The molecule has 1 fully saturated rings. The molecular weight excluding hydrogens is 302 g/mol. The number of alkyl halides is 6. The second kappa shape index (κ2) is 6.04. The summed E-state index contributed by atoms with van der Waals surface area (Å²) in [6.07, 6.45) is -12.1. The standard InChI is InChI=1S/C13H18F6O2/c1-3-9(20)21-10(8-6-4-5-7-8)11(2,12(14,15)16)13(17,18)19/h8,10H,3-7H2,1-2H3. The fourth-order valence-corrected chi connectivity index (χ4v) is 2.65. The molecule has 0 heterocycles. The molecule has 0 N–H and O–H groups in total. The molecule has 1 rings (SSSR count). The summed E-state index contributed by atoms with van der Waals surface area (Å²) in [6, 6.07) is 0. The van der Waals surface area contributed by atoms with Gasteiger partial charge >= 0.3 is 18.3 Å². The van der Waals surface area contributed by atoms with Crippen molar-refractivity contribution in [2.24, 2.45) is 11.3 Å². The van der Waals surface area contributed by atoms with Gasteiger partial charge in [0.15, 0.2) is 5.41 Å². The average Bonchev–Trinajstić information content (AvgIpc) is 2.85. The minimum absolute atomic E-state index is 0.0823. The van der Waals surface area contributed by atoms with Crippen LogP contribution in [0, 0.1) is 11.3 Å². The van der Waals surface area contributed by atoms with E-state index in [1.54, 1.807) is 0 Å². The van der Waals surface area contributed by atoms with Gasteiger partial charge in [-0.15, -0.1) is 0 Å². The van der Waals surface area contributed by atoms with Crippen molar-refractivity contribution in [3.8, 4) is 0 Å². The Morgan fingerprint density at radius 1 is 1.10 bits per heavy atom. The first-order chi connectivity index (χ1) is 9.45. The fraction of sp³-hybridized carbons (Fsp3) is 0.923. The number of hydrogen-bond donors (Lipinski definition) is 0. The number of carbonyl (C=O) groups excluding carboxylic acids is 1. The lowest BCUT2D eigenvalue weighted by atomic mass is 9.75. The number of carbonyl (C=O) groups is 1. The van der Waals surface area contributed by atoms with Gasteiger partial charge in [-0.25, -0.2) is 0 Å². The summed E-state index contributed by atoms with van der Waals surface area (Å²) < 4.78 is 83.5. The maximum atomic E-state index is 13.1. The second-order valence-corrected chi connectivity index (χ2v) is 5.51. The number of rotatable bonds is 4. The van der Waals surface area contributed by atoms with Crippen LogP contribution in [0.15, 0.2) is 0 Å². The van der Waals surface area contributed by atoms with Crippen LogP contribution >= 0.6 is 0 Å². The lowest BCUT2D eigenvalue weighted by Crippen LogP contribution is -2.58. The van der Waals surface area contributed by atoms with E-state index in [1.165, 1.54) is 6.92 Å². The SMILES string of the molecule is CCC(=O)OC(C1CCCC1)C(C)(C(F)(F)F)C(F)(F)F. The zero-order valence-corrected chi connectivity index (χ0v) is 11.8. The third-order valence-corrected chi connectivity index (χ3v) is 4.12. The molecule has 0 aromatic carbocycles. The molecule has 1 aliphatic rings. The summed E-state index contributed by atoms with van der Waals surface area (Å²) in [4.78, 5) is 11.3. The van der Waals surface area contributed by atoms with Gasteiger partial charge in [-0.1, -0.05) is 19.8 Å². The molecule has 2 nitrogen and oxygen atoms in total. The number of halogens is 6. The maximum absolute atomic E-state index is 13.1. The third-order valence-electron chi connectivity index (χ3n) is 4.12. The van der Waals surface area contributed by atoms with E-state index in [-0.39, 0.29) is 26.2 Å². The molecule has 124 valence electrons. The van der Waals surface area contributed by atoms with Crippen LogP contribution in [0.2, 0.25) is 0 Å². The Morgan fingerprint density at radius 3 is 1.86 bits per heavy atom. The summed E-state index contributed by atoms with van der Waals surface area (Å²) in [5, 5.41) is 0.